The fourth-order valence-electron chi connectivity index (χ4n) is 8.93. The van der Waals surface area contributed by atoms with E-state index in [1.54, 1.807) is 0 Å². The summed E-state index contributed by atoms with van der Waals surface area (Å²) in [6.07, 6.45) is 52.3. The van der Waals surface area contributed by atoms with E-state index in [1.165, 1.54) is 205 Å². The van der Waals surface area contributed by atoms with Crippen LogP contribution in [0.2, 0.25) is 0 Å². The highest BCUT2D eigenvalue weighted by atomic mass is 16.6. The van der Waals surface area contributed by atoms with Gasteiger partial charge in [-0.2, -0.15) is 0 Å². The molecule has 6 heteroatoms. The zero-order valence-corrected chi connectivity index (χ0v) is 44.8. The van der Waals surface area contributed by atoms with Gasteiger partial charge in [-0.25, -0.2) is 0 Å². The van der Waals surface area contributed by atoms with Crippen LogP contribution in [0.1, 0.15) is 324 Å². The second kappa shape index (κ2) is 50.3. The molecule has 0 aromatic rings. The third kappa shape index (κ3) is 50.1. The quantitative estimate of drug-likeness (QED) is 0.0344. The van der Waals surface area contributed by atoms with Gasteiger partial charge in [0.05, 0.1) is 0 Å². The molecular weight excluding hydrogens is 805 g/mol. The van der Waals surface area contributed by atoms with Gasteiger partial charge in [0.15, 0.2) is 6.10 Å². The Morgan fingerprint density at radius 1 is 0.308 bits per heavy atom. The minimum atomic E-state index is -0.764. The largest absolute Gasteiger partial charge is 0.462 e. The molecule has 65 heavy (non-hydrogen) atoms. The van der Waals surface area contributed by atoms with Crippen LogP contribution in [0.15, 0.2) is 0 Å². The van der Waals surface area contributed by atoms with Crippen LogP contribution < -0.4 is 0 Å². The molecule has 0 heterocycles. The molecule has 0 amide bonds. The Morgan fingerprint density at radius 3 is 0.800 bits per heavy atom. The topological polar surface area (TPSA) is 78.9 Å². The Bertz CT molecular complexity index is 1010. The van der Waals surface area contributed by atoms with Crippen molar-refractivity contribution in [2.75, 3.05) is 13.2 Å². The fourth-order valence-corrected chi connectivity index (χ4v) is 8.93. The third-order valence-corrected chi connectivity index (χ3v) is 14.1. The number of ether oxygens (including phenoxy) is 3. The van der Waals surface area contributed by atoms with Gasteiger partial charge in [-0.3, -0.25) is 14.4 Å². The minimum absolute atomic E-state index is 0.0641. The van der Waals surface area contributed by atoms with Crippen molar-refractivity contribution in [3.63, 3.8) is 0 Å². The Kier molecular flexibility index (Phi) is 49.1. The van der Waals surface area contributed by atoms with E-state index >= 15 is 0 Å². The molecule has 2 unspecified atom stereocenters. The van der Waals surface area contributed by atoms with Gasteiger partial charge in [0.1, 0.15) is 13.2 Å². The third-order valence-electron chi connectivity index (χ3n) is 14.1. The van der Waals surface area contributed by atoms with Crippen LogP contribution in [0.5, 0.6) is 0 Å². The number of unbranched alkanes of at least 4 members (excludes halogenated alkanes) is 33. The molecule has 0 saturated carbocycles. The SMILES string of the molecule is CCC(C)CCCCCCCCCCCCCCCCCCCCC(=O)OC[C@@H](COC(=O)CCCCCCCCCCC(C)CC)OC(=O)CCCCCCCCCCCCC(C)C. The van der Waals surface area contributed by atoms with E-state index in [0.29, 0.717) is 19.3 Å². The Labute approximate surface area is 406 Å². The first-order chi connectivity index (χ1) is 31.7. The highest BCUT2D eigenvalue weighted by molar-refractivity contribution is 5.71. The van der Waals surface area contributed by atoms with Crippen molar-refractivity contribution >= 4 is 17.9 Å². The molecule has 0 rings (SSSR count). The van der Waals surface area contributed by atoms with Crippen molar-refractivity contribution in [3.05, 3.63) is 0 Å². The van der Waals surface area contributed by atoms with E-state index in [9.17, 15) is 14.4 Å². The lowest BCUT2D eigenvalue weighted by molar-refractivity contribution is -0.167. The number of rotatable bonds is 52. The van der Waals surface area contributed by atoms with E-state index in [0.717, 1.165) is 75.5 Å². The second-order valence-corrected chi connectivity index (χ2v) is 21.2. The molecule has 0 spiro atoms. The summed E-state index contributed by atoms with van der Waals surface area (Å²) in [5, 5.41) is 0. The maximum Gasteiger partial charge on any atom is 0.306 e. The first-order valence-electron chi connectivity index (χ1n) is 29.2. The predicted octanol–water partition coefficient (Wildman–Crippen LogP) is 19.1. The van der Waals surface area contributed by atoms with E-state index in [1.807, 2.05) is 0 Å². The van der Waals surface area contributed by atoms with Crippen LogP contribution in [-0.2, 0) is 28.6 Å². The summed E-state index contributed by atoms with van der Waals surface area (Å²) >= 11 is 0. The van der Waals surface area contributed by atoms with Gasteiger partial charge in [-0.15, -0.1) is 0 Å². The summed E-state index contributed by atoms with van der Waals surface area (Å²) in [4.78, 5) is 38.1. The van der Waals surface area contributed by atoms with Gasteiger partial charge in [-0.05, 0) is 37.0 Å². The van der Waals surface area contributed by atoms with E-state index in [2.05, 4.69) is 41.5 Å². The van der Waals surface area contributed by atoms with Gasteiger partial charge < -0.3 is 14.2 Å². The summed E-state index contributed by atoms with van der Waals surface area (Å²) < 4.78 is 16.9. The molecule has 6 nitrogen and oxygen atoms in total. The molecule has 0 N–H and O–H groups in total. The molecule has 0 fully saturated rings. The van der Waals surface area contributed by atoms with Crippen LogP contribution in [0.4, 0.5) is 0 Å². The second-order valence-electron chi connectivity index (χ2n) is 21.2. The van der Waals surface area contributed by atoms with Crippen LogP contribution in [0.3, 0.4) is 0 Å². The molecule has 0 aliphatic carbocycles. The van der Waals surface area contributed by atoms with Crippen molar-refractivity contribution < 1.29 is 28.6 Å². The molecule has 0 aromatic heterocycles. The molecule has 0 aromatic carbocycles. The Balaban J connectivity index is 4.22. The molecule has 0 radical (unpaired) electrons. The van der Waals surface area contributed by atoms with Crippen LogP contribution in [0.25, 0.3) is 0 Å². The number of hydrogen-bond donors (Lipinski definition) is 0. The van der Waals surface area contributed by atoms with Crippen molar-refractivity contribution in [1.29, 1.82) is 0 Å². The number of esters is 3. The summed E-state index contributed by atoms with van der Waals surface area (Å²) in [7, 11) is 0. The van der Waals surface area contributed by atoms with E-state index < -0.39 is 6.10 Å². The fraction of sp³-hybridized carbons (Fsp3) is 0.949. The first kappa shape index (κ1) is 63.4. The standard InChI is InChI=1S/C59H114O6/c1-7-54(5)46-40-34-28-22-17-15-13-11-9-10-12-14-16-18-23-30-36-42-48-57(60)63-51-56(52-64-58(61)49-43-37-31-26-25-29-35-41-47-55(6)8-2)65-59(62)50-44-38-32-24-20-19-21-27-33-39-45-53(3)4/h53-56H,7-52H2,1-6H3/t54?,55?,56-/m0/s1. The van der Waals surface area contributed by atoms with Crippen molar-refractivity contribution in [2.45, 2.75) is 330 Å². The van der Waals surface area contributed by atoms with Gasteiger partial charge >= 0.3 is 17.9 Å². The van der Waals surface area contributed by atoms with Gasteiger partial charge in [0.25, 0.3) is 0 Å². The van der Waals surface area contributed by atoms with Crippen LogP contribution in [0, 0.1) is 17.8 Å². The molecule has 0 aliphatic rings. The highest BCUT2D eigenvalue weighted by Gasteiger charge is 2.19. The Morgan fingerprint density at radius 2 is 0.538 bits per heavy atom. The van der Waals surface area contributed by atoms with Gasteiger partial charge in [0, 0.05) is 19.3 Å². The molecule has 386 valence electrons. The molecular formula is C59H114O6. The number of carbonyl (C=O) groups excluding carboxylic acids is 3. The van der Waals surface area contributed by atoms with Crippen molar-refractivity contribution in [3.8, 4) is 0 Å². The number of hydrogen-bond acceptors (Lipinski definition) is 6. The molecule has 3 atom stereocenters. The smallest absolute Gasteiger partial charge is 0.306 e. The number of carbonyl (C=O) groups is 3. The Hall–Kier alpha value is -1.59. The lowest BCUT2D eigenvalue weighted by Gasteiger charge is -2.18. The van der Waals surface area contributed by atoms with E-state index in [4.69, 9.17) is 14.2 Å². The highest BCUT2D eigenvalue weighted by Crippen LogP contribution is 2.19. The lowest BCUT2D eigenvalue weighted by atomic mass is 9.99. The average molecular weight is 920 g/mol. The summed E-state index contributed by atoms with van der Waals surface area (Å²) in [5.41, 5.74) is 0. The minimum Gasteiger partial charge on any atom is -0.462 e. The lowest BCUT2D eigenvalue weighted by Crippen LogP contribution is -2.30. The first-order valence-corrected chi connectivity index (χ1v) is 29.2. The van der Waals surface area contributed by atoms with Crippen molar-refractivity contribution in [1.82, 2.24) is 0 Å². The summed E-state index contributed by atoms with van der Waals surface area (Å²) in [6.45, 7) is 13.8. The van der Waals surface area contributed by atoms with Crippen LogP contribution in [-0.4, -0.2) is 37.2 Å². The monoisotopic (exact) mass is 919 g/mol. The zero-order chi connectivity index (χ0) is 47.7. The normalized spacial score (nSPS) is 13.0. The van der Waals surface area contributed by atoms with Gasteiger partial charge in [-0.1, -0.05) is 286 Å². The zero-order valence-electron chi connectivity index (χ0n) is 44.8. The molecule has 0 aliphatic heterocycles. The van der Waals surface area contributed by atoms with Crippen molar-refractivity contribution in [2.24, 2.45) is 17.8 Å². The molecule has 0 bridgehead atoms. The van der Waals surface area contributed by atoms with Gasteiger partial charge in [0.2, 0.25) is 0 Å². The predicted molar refractivity (Wildman–Crippen MR) is 279 cm³/mol. The summed E-state index contributed by atoms with van der Waals surface area (Å²) in [5.74, 6) is 1.73. The van der Waals surface area contributed by atoms with Crippen LogP contribution >= 0.6 is 0 Å². The molecule has 0 saturated heterocycles. The summed E-state index contributed by atoms with van der Waals surface area (Å²) in [6, 6.07) is 0. The maximum atomic E-state index is 12.8. The maximum absolute atomic E-state index is 12.8. The average Bonchev–Trinajstić information content (AvgIpc) is 3.29. The van der Waals surface area contributed by atoms with E-state index in [-0.39, 0.29) is 31.1 Å².